The molecular formula is C20H35IN4O2. The second-order valence-electron chi connectivity index (χ2n) is 6.78. The van der Waals surface area contributed by atoms with E-state index in [-0.39, 0.29) is 24.0 Å². The van der Waals surface area contributed by atoms with Crippen LogP contribution in [0.1, 0.15) is 24.8 Å². The lowest BCUT2D eigenvalue weighted by molar-refractivity contribution is 0.0625. The van der Waals surface area contributed by atoms with Crippen LogP contribution in [-0.4, -0.2) is 65.0 Å². The SMILES string of the molecule is CN=C(NCc1ccc(NCCOC)cc1)N(C)CCC1CCOCC1.I. The number of halogens is 1. The number of nitrogens with one attached hydrogen (secondary N) is 2. The number of methoxy groups -OCH3 is 1. The molecular weight excluding hydrogens is 455 g/mol. The highest BCUT2D eigenvalue weighted by atomic mass is 127. The van der Waals surface area contributed by atoms with Gasteiger partial charge in [0.2, 0.25) is 0 Å². The fourth-order valence-corrected chi connectivity index (χ4v) is 3.12. The smallest absolute Gasteiger partial charge is 0.193 e. The first kappa shape index (κ1) is 24.0. The van der Waals surface area contributed by atoms with Crippen molar-refractivity contribution in [2.45, 2.75) is 25.8 Å². The molecule has 0 bridgehead atoms. The number of ether oxygens (including phenoxy) is 2. The summed E-state index contributed by atoms with van der Waals surface area (Å²) in [7, 11) is 5.66. The van der Waals surface area contributed by atoms with E-state index in [0.29, 0.717) is 6.61 Å². The Labute approximate surface area is 181 Å². The molecule has 0 amide bonds. The minimum absolute atomic E-state index is 0. The molecule has 1 saturated heterocycles. The molecule has 6 nitrogen and oxygen atoms in total. The van der Waals surface area contributed by atoms with Gasteiger partial charge in [0, 0.05) is 59.7 Å². The third-order valence-corrected chi connectivity index (χ3v) is 4.83. The first-order valence-electron chi connectivity index (χ1n) is 9.54. The van der Waals surface area contributed by atoms with Crippen molar-refractivity contribution >= 4 is 35.6 Å². The van der Waals surface area contributed by atoms with Gasteiger partial charge >= 0.3 is 0 Å². The first-order chi connectivity index (χ1) is 12.7. The second kappa shape index (κ2) is 14.0. The Balaban J connectivity index is 0.00000364. The summed E-state index contributed by atoms with van der Waals surface area (Å²) >= 11 is 0. The number of hydrogen-bond acceptors (Lipinski definition) is 4. The maximum atomic E-state index is 5.44. The van der Waals surface area contributed by atoms with Gasteiger partial charge in [-0.25, -0.2) is 0 Å². The largest absolute Gasteiger partial charge is 0.383 e. The summed E-state index contributed by atoms with van der Waals surface area (Å²) in [6, 6.07) is 8.48. The van der Waals surface area contributed by atoms with Crippen LogP contribution in [0.25, 0.3) is 0 Å². The molecule has 1 heterocycles. The molecule has 7 heteroatoms. The third kappa shape index (κ3) is 9.12. The van der Waals surface area contributed by atoms with E-state index >= 15 is 0 Å². The van der Waals surface area contributed by atoms with Gasteiger partial charge in [-0.2, -0.15) is 0 Å². The van der Waals surface area contributed by atoms with E-state index in [2.05, 4.69) is 51.8 Å². The molecule has 1 fully saturated rings. The fourth-order valence-electron chi connectivity index (χ4n) is 3.12. The van der Waals surface area contributed by atoms with Gasteiger partial charge < -0.3 is 25.0 Å². The molecule has 1 aromatic rings. The Bertz CT molecular complexity index is 533. The minimum Gasteiger partial charge on any atom is -0.383 e. The van der Waals surface area contributed by atoms with Crippen LogP contribution >= 0.6 is 24.0 Å². The normalized spacial score (nSPS) is 15.1. The average Bonchev–Trinajstić information content (AvgIpc) is 2.69. The van der Waals surface area contributed by atoms with Crippen molar-refractivity contribution in [3.8, 4) is 0 Å². The van der Waals surface area contributed by atoms with Crippen LogP contribution in [0.3, 0.4) is 0 Å². The molecule has 2 N–H and O–H groups in total. The van der Waals surface area contributed by atoms with Crippen LogP contribution in [-0.2, 0) is 16.0 Å². The van der Waals surface area contributed by atoms with Gasteiger partial charge in [0.1, 0.15) is 0 Å². The lowest BCUT2D eigenvalue weighted by atomic mass is 9.96. The number of benzene rings is 1. The van der Waals surface area contributed by atoms with Crippen molar-refractivity contribution in [1.82, 2.24) is 10.2 Å². The quantitative estimate of drug-likeness (QED) is 0.241. The van der Waals surface area contributed by atoms with E-state index in [1.165, 1.54) is 24.8 Å². The Morgan fingerprint density at radius 1 is 1.26 bits per heavy atom. The molecule has 0 radical (unpaired) electrons. The van der Waals surface area contributed by atoms with E-state index in [1.807, 2.05) is 7.05 Å². The van der Waals surface area contributed by atoms with Gasteiger partial charge in [0.05, 0.1) is 6.61 Å². The molecule has 1 aliphatic rings. The second-order valence-corrected chi connectivity index (χ2v) is 6.78. The zero-order valence-corrected chi connectivity index (χ0v) is 19.2. The zero-order chi connectivity index (χ0) is 18.6. The maximum absolute atomic E-state index is 5.44. The highest BCUT2D eigenvalue weighted by molar-refractivity contribution is 14.0. The summed E-state index contributed by atoms with van der Waals surface area (Å²) in [4.78, 5) is 6.63. The predicted molar refractivity (Wildman–Crippen MR) is 123 cm³/mol. The summed E-state index contributed by atoms with van der Waals surface area (Å²) in [6.07, 6.45) is 3.57. The summed E-state index contributed by atoms with van der Waals surface area (Å²) < 4.78 is 10.5. The number of nitrogens with zero attached hydrogens (tertiary/aromatic N) is 2. The van der Waals surface area contributed by atoms with Crippen molar-refractivity contribution in [3.63, 3.8) is 0 Å². The fraction of sp³-hybridized carbons (Fsp3) is 0.650. The number of aliphatic imine (C=N–C) groups is 1. The van der Waals surface area contributed by atoms with E-state index in [9.17, 15) is 0 Å². The van der Waals surface area contributed by atoms with Crippen LogP contribution in [0.15, 0.2) is 29.3 Å². The summed E-state index contributed by atoms with van der Waals surface area (Å²) in [5.74, 6) is 1.72. The van der Waals surface area contributed by atoms with Crippen LogP contribution in [0.2, 0.25) is 0 Å². The minimum atomic E-state index is 0. The molecule has 1 aliphatic heterocycles. The third-order valence-electron chi connectivity index (χ3n) is 4.83. The zero-order valence-electron chi connectivity index (χ0n) is 16.9. The number of rotatable bonds is 9. The number of hydrogen-bond donors (Lipinski definition) is 2. The lowest BCUT2D eigenvalue weighted by Crippen LogP contribution is -2.39. The molecule has 0 unspecified atom stereocenters. The van der Waals surface area contributed by atoms with Gasteiger partial charge in [0.25, 0.3) is 0 Å². The molecule has 2 rings (SSSR count). The standard InChI is InChI=1S/C20H34N4O2.HI/c1-21-20(24(2)12-8-17-9-13-26-14-10-17)23-16-18-4-6-19(7-5-18)22-11-15-25-3;/h4-7,17,22H,8-16H2,1-3H3,(H,21,23);1H. The van der Waals surface area contributed by atoms with Crippen LogP contribution in [0.5, 0.6) is 0 Å². The molecule has 154 valence electrons. The molecule has 0 aromatic heterocycles. The number of guanidine groups is 1. The van der Waals surface area contributed by atoms with Crippen molar-refractivity contribution in [2.75, 3.05) is 59.4 Å². The monoisotopic (exact) mass is 490 g/mol. The molecule has 27 heavy (non-hydrogen) atoms. The van der Waals surface area contributed by atoms with Crippen LogP contribution in [0, 0.1) is 5.92 Å². The maximum Gasteiger partial charge on any atom is 0.193 e. The molecule has 0 atom stereocenters. The number of anilines is 1. The van der Waals surface area contributed by atoms with E-state index in [0.717, 1.165) is 50.4 Å². The van der Waals surface area contributed by atoms with Gasteiger partial charge in [-0.15, -0.1) is 24.0 Å². The lowest BCUT2D eigenvalue weighted by Gasteiger charge is -2.26. The molecule has 0 aliphatic carbocycles. The summed E-state index contributed by atoms with van der Waals surface area (Å²) in [5.41, 5.74) is 2.35. The van der Waals surface area contributed by atoms with Gasteiger partial charge in [0.15, 0.2) is 5.96 Å². The van der Waals surface area contributed by atoms with Gasteiger partial charge in [-0.05, 0) is 42.9 Å². The van der Waals surface area contributed by atoms with Crippen molar-refractivity contribution in [3.05, 3.63) is 29.8 Å². The van der Waals surface area contributed by atoms with E-state index < -0.39 is 0 Å². The van der Waals surface area contributed by atoms with Crippen molar-refractivity contribution < 1.29 is 9.47 Å². The Kier molecular flexibility index (Phi) is 12.4. The van der Waals surface area contributed by atoms with Crippen LogP contribution in [0.4, 0.5) is 5.69 Å². The average molecular weight is 490 g/mol. The first-order valence-corrected chi connectivity index (χ1v) is 9.54. The Morgan fingerprint density at radius 2 is 1.96 bits per heavy atom. The van der Waals surface area contributed by atoms with Crippen molar-refractivity contribution in [1.29, 1.82) is 0 Å². The van der Waals surface area contributed by atoms with Crippen LogP contribution < -0.4 is 10.6 Å². The van der Waals surface area contributed by atoms with E-state index in [1.54, 1.807) is 7.11 Å². The highest BCUT2D eigenvalue weighted by Gasteiger charge is 2.15. The van der Waals surface area contributed by atoms with Crippen molar-refractivity contribution in [2.24, 2.45) is 10.9 Å². The Morgan fingerprint density at radius 3 is 2.59 bits per heavy atom. The van der Waals surface area contributed by atoms with E-state index in [4.69, 9.17) is 9.47 Å². The highest BCUT2D eigenvalue weighted by Crippen LogP contribution is 2.18. The Hall–Kier alpha value is -1.06. The molecule has 0 saturated carbocycles. The van der Waals surface area contributed by atoms with Gasteiger partial charge in [-0.1, -0.05) is 12.1 Å². The molecule has 0 spiro atoms. The topological polar surface area (TPSA) is 58.1 Å². The predicted octanol–water partition coefficient (Wildman–Crippen LogP) is 3.19. The van der Waals surface area contributed by atoms with Gasteiger partial charge in [-0.3, -0.25) is 4.99 Å². The summed E-state index contributed by atoms with van der Waals surface area (Å²) in [5, 5.41) is 6.78. The molecule has 1 aromatic carbocycles. The summed E-state index contributed by atoms with van der Waals surface area (Å²) in [6.45, 7) is 5.15.